The van der Waals surface area contributed by atoms with Crippen molar-refractivity contribution in [3.63, 3.8) is 0 Å². The number of para-hydroxylation sites is 2. The highest BCUT2D eigenvalue weighted by atomic mass is 15.3. The third-order valence-corrected chi connectivity index (χ3v) is 4.97. The minimum Gasteiger partial charge on any atom is -0.207 e. The van der Waals surface area contributed by atoms with Crippen molar-refractivity contribution in [3.05, 3.63) is 145 Å². The van der Waals surface area contributed by atoms with Gasteiger partial charge in [-0.2, -0.15) is 0 Å². The lowest BCUT2D eigenvalue weighted by molar-refractivity contribution is 0.680. The van der Waals surface area contributed by atoms with Gasteiger partial charge < -0.3 is 0 Å². The van der Waals surface area contributed by atoms with Gasteiger partial charge in [0.15, 0.2) is 0 Å². The molecule has 4 rings (SSSR count). The number of nitrogens with zero attached hydrogens (tertiary/aromatic N) is 1. The van der Waals surface area contributed by atoms with Gasteiger partial charge >= 0.3 is 0 Å². The van der Waals surface area contributed by atoms with Crippen LogP contribution in [0.1, 0.15) is 11.1 Å². The Morgan fingerprint density at radius 1 is 0.379 bits per heavy atom. The summed E-state index contributed by atoms with van der Waals surface area (Å²) in [6, 6.07) is 42.1. The van der Waals surface area contributed by atoms with Crippen molar-refractivity contribution in [2.75, 3.05) is 0 Å². The van der Waals surface area contributed by atoms with Crippen molar-refractivity contribution in [2.24, 2.45) is 0 Å². The Labute approximate surface area is 173 Å². The Bertz CT molecular complexity index is 975. The molecule has 4 aromatic carbocycles. The summed E-state index contributed by atoms with van der Waals surface area (Å²) in [4.78, 5) is 0. The maximum absolute atomic E-state index is 2.25. The van der Waals surface area contributed by atoms with Gasteiger partial charge in [-0.25, -0.2) is 4.48 Å². The SMILES string of the molecule is C(=C[N+](C=Cc1ccccc1)(c1ccccc1)c1ccccc1)c1ccccc1. The zero-order valence-electron chi connectivity index (χ0n) is 16.3. The van der Waals surface area contributed by atoms with E-state index in [0.29, 0.717) is 4.48 Å². The molecule has 140 valence electrons. The van der Waals surface area contributed by atoms with Crippen molar-refractivity contribution >= 4 is 23.5 Å². The summed E-state index contributed by atoms with van der Waals surface area (Å²) in [6.45, 7) is 0. The minimum atomic E-state index is 0.492. The minimum absolute atomic E-state index is 0.492. The number of benzene rings is 4. The molecular weight excluding hydrogens is 350 g/mol. The van der Waals surface area contributed by atoms with Gasteiger partial charge in [0.1, 0.15) is 23.8 Å². The molecule has 0 N–H and O–H groups in total. The molecule has 1 nitrogen and oxygen atoms in total. The van der Waals surface area contributed by atoms with Crippen molar-refractivity contribution in [3.8, 4) is 0 Å². The normalized spacial score (nSPS) is 11.9. The molecule has 29 heavy (non-hydrogen) atoms. The molecule has 0 aliphatic rings. The molecule has 0 aliphatic heterocycles. The van der Waals surface area contributed by atoms with E-state index in [1.807, 2.05) is 12.1 Å². The van der Waals surface area contributed by atoms with Gasteiger partial charge in [0.25, 0.3) is 0 Å². The molecule has 0 amide bonds. The van der Waals surface area contributed by atoms with Gasteiger partial charge in [-0.1, -0.05) is 97.1 Å². The van der Waals surface area contributed by atoms with Gasteiger partial charge in [0.05, 0.1) is 0 Å². The van der Waals surface area contributed by atoms with E-state index in [9.17, 15) is 0 Å². The van der Waals surface area contributed by atoms with Crippen molar-refractivity contribution in [1.29, 1.82) is 0 Å². The molecule has 0 aromatic heterocycles. The smallest absolute Gasteiger partial charge is 0.147 e. The summed E-state index contributed by atoms with van der Waals surface area (Å²) < 4.78 is 0.492. The second-order valence-corrected chi connectivity index (χ2v) is 6.90. The predicted octanol–water partition coefficient (Wildman–Crippen LogP) is 7.67. The molecule has 0 saturated carbocycles. The number of hydrogen-bond donors (Lipinski definition) is 0. The van der Waals surface area contributed by atoms with Crippen LogP contribution in [0, 0.1) is 0 Å². The maximum Gasteiger partial charge on any atom is 0.147 e. The van der Waals surface area contributed by atoms with E-state index in [-0.39, 0.29) is 0 Å². The summed E-state index contributed by atoms with van der Waals surface area (Å²) >= 11 is 0. The summed E-state index contributed by atoms with van der Waals surface area (Å²) in [5.74, 6) is 0. The molecule has 0 bridgehead atoms. The van der Waals surface area contributed by atoms with Crippen LogP contribution >= 0.6 is 0 Å². The monoisotopic (exact) mass is 374 g/mol. The van der Waals surface area contributed by atoms with Crippen LogP contribution in [0.25, 0.3) is 12.2 Å². The Balaban J connectivity index is 1.90. The van der Waals surface area contributed by atoms with Gasteiger partial charge in [0, 0.05) is 24.3 Å². The summed E-state index contributed by atoms with van der Waals surface area (Å²) in [5.41, 5.74) is 4.71. The highest BCUT2D eigenvalue weighted by Crippen LogP contribution is 2.37. The Kier molecular flexibility index (Phi) is 5.80. The summed E-state index contributed by atoms with van der Waals surface area (Å²) in [6.07, 6.45) is 8.88. The lowest BCUT2D eigenvalue weighted by Crippen LogP contribution is -2.31. The average molecular weight is 375 g/mol. The maximum atomic E-state index is 2.25. The highest BCUT2D eigenvalue weighted by molar-refractivity contribution is 5.69. The quantitative estimate of drug-likeness (QED) is 0.304. The first-order valence-electron chi connectivity index (χ1n) is 9.85. The molecule has 1 heteroatoms. The van der Waals surface area contributed by atoms with Gasteiger partial charge in [0.2, 0.25) is 0 Å². The molecule has 0 atom stereocenters. The zero-order valence-corrected chi connectivity index (χ0v) is 16.3. The topological polar surface area (TPSA) is 0 Å². The largest absolute Gasteiger partial charge is 0.207 e. The van der Waals surface area contributed by atoms with Crippen molar-refractivity contribution < 1.29 is 0 Å². The van der Waals surface area contributed by atoms with Crippen LogP contribution in [0.4, 0.5) is 11.4 Å². The zero-order chi connectivity index (χ0) is 19.8. The van der Waals surface area contributed by atoms with Crippen LogP contribution in [-0.2, 0) is 0 Å². The number of quaternary nitrogens is 1. The lowest BCUT2D eigenvalue weighted by atomic mass is 10.1. The van der Waals surface area contributed by atoms with Crippen LogP contribution in [0.15, 0.2) is 134 Å². The second kappa shape index (κ2) is 9.01. The van der Waals surface area contributed by atoms with Crippen LogP contribution in [0.2, 0.25) is 0 Å². The standard InChI is InChI=1S/C28H24N/c1-5-13-25(14-6-1)21-23-29(27-17-9-3-10-18-27,28-19-11-4-12-20-28)24-22-26-15-7-2-8-16-26/h1-24H/q+1. The van der Waals surface area contributed by atoms with E-state index >= 15 is 0 Å². The van der Waals surface area contributed by atoms with Crippen molar-refractivity contribution in [2.45, 2.75) is 0 Å². The first-order valence-corrected chi connectivity index (χ1v) is 9.85. The Morgan fingerprint density at radius 3 is 1.03 bits per heavy atom. The summed E-state index contributed by atoms with van der Waals surface area (Å²) in [7, 11) is 0. The number of rotatable bonds is 6. The van der Waals surface area contributed by atoms with E-state index < -0.39 is 0 Å². The van der Waals surface area contributed by atoms with Crippen LogP contribution in [0.3, 0.4) is 0 Å². The van der Waals surface area contributed by atoms with Gasteiger partial charge in [-0.3, -0.25) is 0 Å². The van der Waals surface area contributed by atoms with Crippen LogP contribution in [0.5, 0.6) is 0 Å². The predicted molar refractivity (Wildman–Crippen MR) is 125 cm³/mol. The molecule has 0 saturated heterocycles. The Hall–Kier alpha value is -3.68. The third-order valence-electron chi connectivity index (χ3n) is 4.97. The molecular formula is C28H24N+. The third kappa shape index (κ3) is 4.43. The van der Waals surface area contributed by atoms with E-state index in [1.165, 1.54) is 22.5 Å². The van der Waals surface area contributed by atoms with Crippen LogP contribution < -0.4 is 4.48 Å². The van der Waals surface area contributed by atoms with Gasteiger partial charge in [-0.05, 0) is 23.3 Å². The van der Waals surface area contributed by atoms with Crippen molar-refractivity contribution in [1.82, 2.24) is 4.48 Å². The fourth-order valence-corrected chi connectivity index (χ4v) is 3.43. The molecule has 4 aromatic rings. The van der Waals surface area contributed by atoms with E-state index in [2.05, 4.69) is 134 Å². The summed E-state index contributed by atoms with van der Waals surface area (Å²) in [5, 5.41) is 0. The van der Waals surface area contributed by atoms with E-state index in [0.717, 1.165) is 0 Å². The first kappa shape index (κ1) is 18.7. The van der Waals surface area contributed by atoms with Gasteiger partial charge in [-0.15, -0.1) is 0 Å². The molecule has 0 spiro atoms. The molecule has 0 heterocycles. The second-order valence-electron chi connectivity index (χ2n) is 6.90. The fourth-order valence-electron chi connectivity index (χ4n) is 3.43. The van der Waals surface area contributed by atoms with Crippen LogP contribution in [-0.4, -0.2) is 0 Å². The number of hydrogen-bond acceptors (Lipinski definition) is 0. The first-order chi connectivity index (χ1) is 14.4. The lowest BCUT2D eigenvalue weighted by Gasteiger charge is -2.30. The Morgan fingerprint density at radius 2 is 0.690 bits per heavy atom. The molecule has 0 aliphatic carbocycles. The molecule has 0 fully saturated rings. The average Bonchev–Trinajstić information content (AvgIpc) is 2.82. The molecule has 0 radical (unpaired) electrons. The van der Waals surface area contributed by atoms with E-state index in [1.54, 1.807) is 0 Å². The molecule has 0 unspecified atom stereocenters. The fraction of sp³-hybridized carbons (Fsp3) is 0. The highest BCUT2D eigenvalue weighted by Gasteiger charge is 2.28. The van der Waals surface area contributed by atoms with E-state index in [4.69, 9.17) is 0 Å².